The second-order valence-corrected chi connectivity index (χ2v) is 6.84. The van der Waals surface area contributed by atoms with Gasteiger partial charge in [0.05, 0.1) is 16.3 Å². The van der Waals surface area contributed by atoms with Gasteiger partial charge in [0, 0.05) is 5.56 Å². The summed E-state index contributed by atoms with van der Waals surface area (Å²) >= 11 is 6.06. The van der Waals surface area contributed by atoms with Crippen molar-refractivity contribution in [3.05, 3.63) is 100 Å². The lowest BCUT2D eigenvalue weighted by Gasteiger charge is -2.10. The molecule has 0 saturated heterocycles. The molecule has 0 aromatic heterocycles. The Labute approximate surface area is 184 Å². The Kier molecular flexibility index (Phi) is 7.05. The van der Waals surface area contributed by atoms with Crippen LogP contribution in [0.25, 0.3) is 6.08 Å². The van der Waals surface area contributed by atoms with E-state index in [0.29, 0.717) is 22.0 Å². The minimum absolute atomic E-state index is 0.109. The van der Waals surface area contributed by atoms with Crippen LogP contribution in [0, 0.1) is 11.3 Å². The van der Waals surface area contributed by atoms with Gasteiger partial charge in [-0.25, -0.2) is 4.79 Å². The highest BCUT2D eigenvalue weighted by molar-refractivity contribution is 6.34. The lowest BCUT2D eigenvalue weighted by Crippen LogP contribution is -2.13. The van der Waals surface area contributed by atoms with Crippen molar-refractivity contribution in [3.63, 3.8) is 0 Å². The molecular formula is C24H17ClN2O4. The first-order chi connectivity index (χ1) is 15.0. The fraction of sp³-hybridized carbons (Fsp3) is 0.0417. The van der Waals surface area contributed by atoms with Crippen molar-refractivity contribution in [2.45, 2.75) is 6.61 Å². The highest BCUT2D eigenvalue weighted by Crippen LogP contribution is 2.24. The molecule has 0 unspecified atom stereocenters. The van der Waals surface area contributed by atoms with Gasteiger partial charge >= 0.3 is 5.97 Å². The second kappa shape index (κ2) is 10.1. The number of para-hydroxylation sites is 2. The van der Waals surface area contributed by atoms with Gasteiger partial charge in [0.1, 0.15) is 24.0 Å². The van der Waals surface area contributed by atoms with E-state index >= 15 is 0 Å². The van der Waals surface area contributed by atoms with Crippen LogP contribution in [0.3, 0.4) is 0 Å². The summed E-state index contributed by atoms with van der Waals surface area (Å²) in [4.78, 5) is 23.5. The van der Waals surface area contributed by atoms with Crippen molar-refractivity contribution in [2.24, 2.45) is 0 Å². The third-order valence-corrected chi connectivity index (χ3v) is 4.63. The number of benzene rings is 3. The molecule has 1 amide bonds. The summed E-state index contributed by atoms with van der Waals surface area (Å²) in [6.45, 7) is 0.193. The molecule has 6 nitrogen and oxygen atoms in total. The SMILES string of the molecule is N#CC(=Cc1ccccc1OCc1ccc(C(=O)O)cc1)C(=O)Nc1ccccc1Cl. The van der Waals surface area contributed by atoms with Gasteiger partial charge in [0.2, 0.25) is 0 Å². The number of anilines is 1. The largest absolute Gasteiger partial charge is 0.488 e. The molecule has 0 bridgehead atoms. The lowest BCUT2D eigenvalue weighted by atomic mass is 10.1. The Hall–Kier alpha value is -4.08. The Morgan fingerprint density at radius 2 is 1.71 bits per heavy atom. The fourth-order valence-corrected chi connectivity index (χ4v) is 2.88. The average Bonchev–Trinajstić information content (AvgIpc) is 2.78. The van der Waals surface area contributed by atoms with E-state index in [0.717, 1.165) is 5.56 Å². The monoisotopic (exact) mass is 432 g/mol. The zero-order valence-corrected chi connectivity index (χ0v) is 17.0. The molecule has 0 aliphatic rings. The Balaban J connectivity index is 1.77. The standard InChI is InChI=1S/C24H17ClN2O4/c25-20-6-2-3-7-21(20)27-23(28)19(14-26)13-18-5-1-4-8-22(18)31-15-16-9-11-17(12-10-16)24(29)30/h1-13H,15H2,(H,27,28)(H,29,30). The number of ether oxygens (including phenoxy) is 1. The van der Waals surface area contributed by atoms with Gasteiger partial charge in [-0.2, -0.15) is 5.26 Å². The predicted octanol–water partition coefficient (Wildman–Crippen LogP) is 5.16. The first kappa shape index (κ1) is 21.6. The molecule has 0 radical (unpaired) electrons. The van der Waals surface area contributed by atoms with Crippen molar-refractivity contribution < 1.29 is 19.4 Å². The maximum absolute atomic E-state index is 12.5. The van der Waals surface area contributed by atoms with Gasteiger partial charge in [0.25, 0.3) is 5.91 Å². The maximum Gasteiger partial charge on any atom is 0.335 e. The molecule has 7 heteroatoms. The van der Waals surface area contributed by atoms with E-state index in [-0.39, 0.29) is 17.7 Å². The van der Waals surface area contributed by atoms with E-state index in [4.69, 9.17) is 21.4 Å². The molecule has 0 heterocycles. The smallest absolute Gasteiger partial charge is 0.335 e. The summed E-state index contributed by atoms with van der Waals surface area (Å²) in [6, 6.07) is 22.0. The second-order valence-electron chi connectivity index (χ2n) is 6.43. The van der Waals surface area contributed by atoms with Crippen LogP contribution in [0.4, 0.5) is 5.69 Å². The minimum atomic E-state index is -0.998. The number of rotatable bonds is 7. The van der Waals surface area contributed by atoms with Gasteiger partial charge in [-0.1, -0.05) is 54.1 Å². The number of nitriles is 1. The molecule has 31 heavy (non-hydrogen) atoms. The van der Waals surface area contributed by atoms with E-state index in [2.05, 4.69) is 5.32 Å². The van der Waals surface area contributed by atoms with E-state index in [1.807, 2.05) is 6.07 Å². The highest BCUT2D eigenvalue weighted by atomic mass is 35.5. The van der Waals surface area contributed by atoms with Crippen LogP contribution < -0.4 is 10.1 Å². The highest BCUT2D eigenvalue weighted by Gasteiger charge is 2.13. The summed E-state index contributed by atoms with van der Waals surface area (Å²) in [6.07, 6.45) is 1.44. The molecule has 2 N–H and O–H groups in total. The third kappa shape index (κ3) is 5.72. The zero-order chi connectivity index (χ0) is 22.2. The van der Waals surface area contributed by atoms with E-state index in [1.165, 1.54) is 18.2 Å². The van der Waals surface area contributed by atoms with Gasteiger partial charge in [-0.3, -0.25) is 4.79 Å². The quantitative estimate of drug-likeness (QED) is 0.396. The van der Waals surface area contributed by atoms with Gasteiger partial charge in [-0.05, 0) is 42.0 Å². The lowest BCUT2D eigenvalue weighted by molar-refractivity contribution is -0.112. The first-order valence-corrected chi connectivity index (χ1v) is 9.57. The van der Waals surface area contributed by atoms with Crippen LogP contribution in [-0.4, -0.2) is 17.0 Å². The van der Waals surface area contributed by atoms with E-state index < -0.39 is 11.9 Å². The van der Waals surface area contributed by atoms with Crippen LogP contribution in [0.15, 0.2) is 78.4 Å². The number of aromatic carboxylic acids is 1. The van der Waals surface area contributed by atoms with Crippen molar-refractivity contribution in [3.8, 4) is 11.8 Å². The molecule has 3 aromatic carbocycles. The molecule has 3 aromatic rings. The molecular weight excluding hydrogens is 416 g/mol. The van der Waals surface area contributed by atoms with Gasteiger partial charge in [0.15, 0.2) is 0 Å². The van der Waals surface area contributed by atoms with Crippen LogP contribution in [0.2, 0.25) is 5.02 Å². The molecule has 0 saturated carbocycles. The number of halogens is 1. The van der Waals surface area contributed by atoms with E-state index in [1.54, 1.807) is 60.7 Å². The maximum atomic E-state index is 12.5. The van der Waals surface area contributed by atoms with E-state index in [9.17, 15) is 14.9 Å². The van der Waals surface area contributed by atoms with Crippen LogP contribution in [0.5, 0.6) is 5.75 Å². The van der Waals surface area contributed by atoms with Gasteiger partial charge in [-0.15, -0.1) is 0 Å². The number of carbonyl (C=O) groups excluding carboxylic acids is 1. The predicted molar refractivity (Wildman–Crippen MR) is 118 cm³/mol. The molecule has 154 valence electrons. The number of nitrogens with one attached hydrogen (secondary N) is 1. The van der Waals surface area contributed by atoms with Gasteiger partial charge < -0.3 is 15.2 Å². The number of carboxylic acid groups (broad SMARTS) is 1. The molecule has 0 aliphatic carbocycles. The van der Waals surface area contributed by atoms with Crippen molar-refractivity contribution >= 4 is 35.2 Å². The van der Waals surface area contributed by atoms with Crippen molar-refractivity contribution in [2.75, 3.05) is 5.32 Å². The fourth-order valence-electron chi connectivity index (χ4n) is 2.69. The van der Waals surface area contributed by atoms with Crippen LogP contribution >= 0.6 is 11.6 Å². The summed E-state index contributed by atoms with van der Waals surface area (Å²) < 4.78 is 5.83. The molecule has 0 atom stereocenters. The number of amides is 1. The Morgan fingerprint density at radius 3 is 2.39 bits per heavy atom. The summed E-state index contributed by atoms with van der Waals surface area (Å²) in [7, 11) is 0. The van der Waals surface area contributed by atoms with Crippen molar-refractivity contribution in [1.82, 2.24) is 0 Å². The number of carboxylic acids is 1. The molecule has 0 spiro atoms. The Bertz CT molecular complexity index is 1180. The summed E-state index contributed by atoms with van der Waals surface area (Å²) in [5.41, 5.74) is 1.82. The topological polar surface area (TPSA) is 99.4 Å². The van der Waals surface area contributed by atoms with Crippen molar-refractivity contribution in [1.29, 1.82) is 5.26 Å². The van der Waals surface area contributed by atoms with Crippen LogP contribution in [-0.2, 0) is 11.4 Å². The number of hydrogen-bond acceptors (Lipinski definition) is 4. The Morgan fingerprint density at radius 1 is 1.03 bits per heavy atom. The van der Waals surface area contributed by atoms with Crippen LogP contribution in [0.1, 0.15) is 21.5 Å². The number of nitrogens with zero attached hydrogens (tertiary/aromatic N) is 1. The average molecular weight is 433 g/mol. The molecule has 0 fully saturated rings. The first-order valence-electron chi connectivity index (χ1n) is 9.19. The number of carbonyl (C=O) groups is 2. The zero-order valence-electron chi connectivity index (χ0n) is 16.2. The summed E-state index contributed by atoms with van der Waals surface area (Å²) in [5, 5.41) is 21.4. The summed E-state index contributed by atoms with van der Waals surface area (Å²) in [5.74, 6) is -1.11. The molecule has 0 aliphatic heterocycles. The minimum Gasteiger partial charge on any atom is -0.488 e. The molecule has 3 rings (SSSR count). The normalized spacial score (nSPS) is 10.8. The number of hydrogen-bond donors (Lipinski definition) is 2. The third-order valence-electron chi connectivity index (χ3n) is 4.30.